The highest BCUT2D eigenvalue weighted by atomic mass is 19.4. The van der Waals surface area contributed by atoms with Gasteiger partial charge < -0.3 is 15.5 Å². The minimum atomic E-state index is -4.42. The van der Waals surface area contributed by atoms with Gasteiger partial charge in [-0.05, 0) is 83.8 Å². The molecule has 0 atom stereocenters. The van der Waals surface area contributed by atoms with E-state index in [1.165, 1.54) is 12.1 Å². The monoisotopic (exact) mass is 657 g/mol. The summed E-state index contributed by atoms with van der Waals surface area (Å²) < 4.78 is 52.3. The largest absolute Gasteiger partial charge is 0.416 e. The molecule has 0 unspecified atom stereocenters. The topological polar surface area (TPSA) is 61.4 Å². The van der Waals surface area contributed by atoms with E-state index in [0.29, 0.717) is 23.1 Å². The fourth-order valence-electron chi connectivity index (χ4n) is 7.33. The van der Waals surface area contributed by atoms with Gasteiger partial charge in [-0.25, -0.2) is 4.39 Å². The van der Waals surface area contributed by atoms with Crippen molar-refractivity contribution in [1.82, 2.24) is 15.5 Å². The summed E-state index contributed by atoms with van der Waals surface area (Å²) in [5.74, 6) is -0.397. The van der Waals surface area contributed by atoms with E-state index < -0.39 is 23.8 Å². The molecule has 0 saturated carbocycles. The SMILES string of the molecule is O=C(NC1CCN(CCCCC2(C(=O)NCCF)c3ccccc3-c3ccccc32)CC1)c1ccccc1-c1ccc(C(F)(F)F)cc1. The van der Waals surface area contributed by atoms with Crippen molar-refractivity contribution in [3.63, 3.8) is 0 Å². The number of hydrogen-bond acceptors (Lipinski definition) is 3. The molecular formula is C39H39F4N3O2. The van der Waals surface area contributed by atoms with Gasteiger partial charge in [0.25, 0.3) is 5.91 Å². The number of likely N-dealkylation sites (tertiary alicyclic amines) is 1. The number of nitrogens with one attached hydrogen (secondary N) is 2. The summed E-state index contributed by atoms with van der Waals surface area (Å²) >= 11 is 0. The van der Waals surface area contributed by atoms with Crippen LogP contribution in [-0.4, -0.2) is 55.6 Å². The molecule has 0 spiro atoms. The Kier molecular flexibility index (Phi) is 9.96. The van der Waals surface area contributed by atoms with E-state index in [4.69, 9.17) is 0 Å². The Morgan fingerprint density at radius 2 is 1.35 bits per heavy atom. The maximum atomic E-state index is 13.8. The van der Waals surface area contributed by atoms with Gasteiger partial charge in [-0.15, -0.1) is 0 Å². The minimum absolute atomic E-state index is 0.0108. The van der Waals surface area contributed by atoms with Crippen LogP contribution in [-0.2, 0) is 16.4 Å². The summed E-state index contributed by atoms with van der Waals surface area (Å²) in [4.78, 5) is 29.5. The summed E-state index contributed by atoms with van der Waals surface area (Å²) in [6.45, 7) is 1.87. The van der Waals surface area contributed by atoms with Gasteiger partial charge in [-0.1, -0.05) is 85.3 Å². The summed E-state index contributed by atoms with van der Waals surface area (Å²) in [6.07, 6.45) is -0.545. The summed E-state index contributed by atoms with van der Waals surface area (Å²) in [5, 5.41) is 5.98. The summed E-state index contributed by atoms with van der Waals surface area (Å²) in [6, 6.07) is 27.8. The number of benzene rings is 4. The molecule has 2 aliphatic rings. The van der Waals surface area contributed by atoms with Crippen LogP contribution in [0.15, 0.2) is 97.1 Å². The molecule has 1 heterocycles. The van der Waals surface area contributed by atoms with Crippen molar-refractivity contribution in [2.75, 3.05) is 32.9 Å². The average molecular weight is 658 g/mol. The van der Waals surface area contributed by atoms with Crippen molar-refractivity contribution in [2.45, 2.75) is 49.7 Å². The van der Waals surface area contributed by atoms with E-state index in [1.807, 2.05) is 36.4 Å². The molecule has 5 nitrogen and oxygen atoms in total. The second-order valence-corrected chi connectivity index (χ2v) is 12.6. The first-order chi connectivity index (χ1) is 23.2. The molecule has 1 saturated heterocycles. The third kappa shape index (κ3) is 6.74. The van der Waals surface area contributed by atoms with Crippen molar-refractivity contribution in [2.24, 2.45) is 0 Å². The molecule has 1 aliphatic heterocycles. The van der Waals surface area contributed by atoms with Crippen molar-refractivity contribution in [3.05, 3.63) is 119 Å². The van der Waals surface area contributed by atoms with Gasteiger partial charge in [0.2, 0.25) is 5.91 Å². The van der Waals surface area contributed by atoms with E-state index in [0.717, 1.165) is 79.7 Å². The van der Waals surface area contributed by atoms with Crippen LogP contribution >= 0.6 is 0 Å². The number of unbranched alkanes of at least 4 members (excludes halogenated alkanes) is 1. The molecule has 1 aliphatic carbocycles. The predicted octanol–water partition coefficient (Wildman–Crippen LogP) is 7.79. The van der Waals surface area contributed by atoms with Gasteiger partial charge in [0.1, 0.15) is 12.1 Å². The number of amides is 2. The van der Waals surface area contributed by atoms with Crippen LogP contribution in [0.25, 0.3) is 22.3 Å². The van der Waals surface area contributed by atoms with E-state index in [1.54, 1.807) is 24.3 Å². The maximum absolute atomic E-state index is 13.8. The quantitative estimate of drug-likeness (QED) is 0.128. The second kappa shape index (κ2) is 14.3. The number of carbonyl (C=O) groups excluding carboxylic acids is 2. The molecular weight excluding hydrogens is 618 g/mol. The number of fused-ring (bicyclic) bond motifs is 3. The number of hydrogen-bond donors (Lipinski definition) is 2. The number of halogens is 4. The van der Waals surface area contributed by atoms with E-state index in [9.17, 15) is 27.2 Å². The molecule has 0 bridgehead atoms. The zero-order valence-electron chi connectivity index (χ0n) is 26.7. The Morgan fingerprint density at radius 3 is 1.96 bits per heavy atom. The van der Waals surface area contributed by atoms with Gasteiger partial charge in [0.15, 0.2) is 0 Å². The Morgan fingerprint density at radius 1 is 0.771 bits per heavy atom. The lowest BCUT2D eigenvalue weighted by atomic mass is 9.73. The predicted molar refractivity (Wildman–Crippen MR) is 179 cm³/mol. The normalized spacial score (nSPS) is 15.8. The average Bonchev–Trinajstić information content (AvgIpc) is 3.40. The minimum Gasteiger partial charge on any atom is -0.352 e. The van der Waals surface area contributed by atoms with E-state index in [-0.39, 0.29) is 24.4 Å². The first-order valence-electron chi connectivity index (χ1n) is 16.6. The number of carbonyl (C=O) groups is 2. The lowest BCUT2D eigenvalue weighted by Gasteiger charge is -2.33. The Bertz CT molecular complexity index is 1700. The van der Waals surface area contributed by atoms with Gasteiger partial charge in [-0.2, -0.15) is 13.2 Å². The molecule has 2 N–H and O–H groups in total. The molecule has 250 valence electrons. The first kappa shape index (κ1) is 33.4. The Labute approximate surface area is 278 Å². The Balaban J connectivity index is 1.04. The molecule has 6 rings (SSSR count). The van der Waals surface area contributed by atoms with Crippen LogP contribution in [0.2, 0.25) is 0 Å². The molecule has 9 heteroatoms. The van der Waals surface area contributed by atoms with E-state index in [2.05, 4.69) is 27.7 Å². The van der Waals surface area contributed by atoms with Gasteiger partial charge in [0, 0.05) is 31.2 Å². The highest BCUT2D eigenvalue weighted by Crippen LogP contribution is 2.51. The molecule has 0 aromatic heterocycles. The summed E-state index contributed by atoms with van der Waals surface area (Å²) in [7, 11) is 0. The molecule has 0 radical (unpaired) electrons. The van der Waals surface area contributed by atoms with Crippen molar-refractivity contribution in [1.29, 1.82) is 0 Å². The summed E-state index contributed by atoms with van der Waals surface area (Å²) in [5.41, 5.74) is 4.02. The zero-order valence-corrected chi connectivity index (χ0v) is 26.7. The number of alkyl halides is 4. The van der Waals surface area contributed by atoms with Crippen LogP contribution in [0, 0.1) is 0 Å². The molecule has 1 fully saturated rings. The van der Waals surface area contributed by atoms with E-state index >= 15 is 0 Å². The maximum Gasteiger partial charge on any atom is 0.416 e. The molecule has 48 heavy (non-hydrogen) atoms. The van der Waals surface area contributed by atoms with Gasteiger partial charge in [-0.3, -0.25) is 9.59 Å². The number of piperidine rings is 1. The first-order valence-corrected chi connectivity index (χ1v) is 16.6. The smallest absolute Gasteiger partial charge is 0.352 e. The molecule has 4 aromatic carbocycles. The van der Waals surface area contributed by atoms with Crippen molar-refractivity contribution >= 4 is 11.8 Å². The van der Waals surface area contributed by atoms with Crippen LogP contribution < -0.4 is 10.6 Å². The van der Waals surface area contributed by atoms with Crippen molar-refractivity contribution in [3.8, 4) is 22.3 Å². The van der Waals surface area contributed by atoms with Crippen LogP contribution in [0.4, 0.5) is 17.6 Å². The molecule has 4 aromatic rings. The number of nitrogens with zero attached hydrogens (tertiary/aromatic N) is 1. The molecule has 2 amide bonds. The third-order valence-electron chi connectivity index (χ3n) is 9.73. The van der Waals surface area contributed by atoms with Crippen LogP contribution in [0.5, 0.6) is 0 Å². The highest BCUT2D eigenvalue weighted by molar-refractivity contribution is 6.01. The van der Waals surface area contributed by atoms with Crippen LogP contribution in [0.3, 0.4) is 0 Å². The fourth-order valence-corrected chi connectivity index (χ4v) is 7.33. The third-order valence-corrected chi connectivity index (χ3v) is 9.73. The standard InChI is InChI=1S/C39H39F4N3O2/c40-22-23-44-37(48)38(34-13-5-3-10-31(34)32-11-4-6-14-35(32)38)21-7-8-24-46-25-19-29(20-26-46)45-36(47)33-12-2-1-9-30(33)27-15-17-28(18-16-27)39(41,42)43/h1-6,9-18,29H,7-8,19-26H2,(H,44,48)(H,45,47). The Hall–Kier alpha value is -4.50. The zero-order chi connectivity index (χ0) is 33.7. The van der Waals surface area contributed by atoms with Crippen LogP contribution in [0.1, 0.15) is 59.2 Å². The lowest BCUT2D eigenvalue weighted by Crippen LogP contribution is -2.45. The van der Waals surface area contributed by atoms with Gasteiger partial charge >= 0.3 is 6.18 Å². The number of rotatable bonds is 11. The second-order valence-electron chi connectivity index (χ2n) is 12.6. The highest BCUT2D eigenvalue weighted by Gasteiger charge is 2.48. The van der Waals surface area contributed by atoms with Crippen molar-refractivity contribution < 1.29 is 27.2 Å². The van der Waals surface area contributed by atoms with Gasteiger partial charge in [0.05, 0.1) is 5.56 Å². The lowest BCUT2D eigenvalue weighted by molar-refractivity contribution is -0.137. The fraction of sp³-hybridized carbons (Fsp3) is 0.333.